The highest BCUT2D eigenvalue weighted by Crippen LogP contribution is 2.29. The number of halogens is 1. The van der Waals surface area contributed by atoms with Gasteiger partial charge in [-0.25, -0.2) is 9.37 Å². The molecule has 32 heavy (non-hydrogen) atoms. The first-order chi connectivity index (χ1) is 15.6. The molecule has 0 fully saturated rings. The first kappa shape index (κ1) is 21.5. The summed E-state index contributed by atoms with van der Waals surface area (Å²) in [6, 6.07) is 15.8. The number of amides is 1. The number of nitrogens with one attached hydrogen (secondary N) is 1. The number of nitrogens with zero attached hydrogens (tertiary/aromatic N) is 2. The second kappa shape index (κ2) is 10.0. The number of hydrogen-bond donors (Lipinski definition) is 1. The van der Waals surface area contributed by atoms with Crippen LogP contribution in [0.25, 0.3) is 10.6 Å². The Morgan fingerprint density at radius 1 is 1.09 bits per heavy atom. The maximum absolute atomic E-state index is 14.7. The summed E-state index contributed by atoms with van der Waals surface area (Å²) < 4.78 is 25.6. The smallest absolute Gasteiger partial charge is 0.271 e. The van der Waals surface area contributed by atoms with Gasteiger partial charge in [-0.3, -0.25) is 9.78 Å². The summed E-state index contributed by atoms with van der Waals surface area (Å²) in [5.41, 5.74) is 2.35. The number of carbonyl (C=O) groups excluding carboxylic acids is 1. The van der Waals surface area contributed by atoms with Crippen molar-refractivity contribution in [3.8, 4) is 22.1 Å². The van der Waals surface area contributed by atoms with Gasteiger partial charge in [-0.15, -0.1) is 11.3 Å². The number of thiazole rings is 1. The number of rotatable bonds is 8. The van der Waals surface area contributed by atoms with Crippen LogP contribution in [0.1, 0.15) is 21.6 Å². The molecule has 4 rings (SSSR count). The highest BCUT2D eigenvalue weighted by molar-refractivity contribution is 7.13. The van der Waals surface area contributed by atoms with E-state index in [4.69, 9.17) is 9.47 Å². The van der Waals surface area contributed by atoms with Crippen LogP contribution in [-0.2, 0) is 13.2 Å². The first-order valence-electron chi connectivity index (χ1n) is 9.80. The lowest BCUT2D eigenvalue weighted by molar-refractivity contribution is 0.0946. The van der Waals surface area contributed by atoms with Crippen molar-refractivity contribution in [1.82, 2.24) is 15.3 Å². The number of ether oxygens (including phenoxy) is 2. The SMILES string of the molecule is COc1cccc(COc2ccc(-c3nc(C(=O)NCc4cccnc4)cs3)c(F)c2)c1. The molecule has 2 heterocycles. The van der Waals surface area contributed by atoms with E-state index in [0.29, 0.717) is 22.9 Å². The van der Waals surface area contributed by atoms with E-state index in [1.807, 2.05) is 30.3 Å². The van der Waals surface area contributed by atoms with Crippen LogP contribution in [0.3, 0.4) is 0 Å². The van der Waals surface area contributed by atoms with Crippen molar-refractivity contribution >= 4 is 17.2 Å². The maximum Gasteiger partial charge on any atom is 0.271 e. The molecule has 1 N–H and O–H groups in total. The molecule has 0 spiro atoms. The highest BCUT2D eigenvalue weighted by Gasteiger charge is 2.15. The monoisotopic (exact) mass is 449 g/mol. The number of carbonyl (C=O) groups is 1. The van der Waals surface area contributed by atoms with Crippen LogP contribution in [0.4, 0.5) is 4.39 Å². The van der Waals surface area contributed by atoms with Gasteiger partial charge >= 0.3 is 0 Å². The number of aromatic nitrogens is 2. The Morgan fingerprint density at radius 2 is 1.97 bits per heavy atom. The molecule has 2 aromatic carbocycles. The second-order valence-electron chi connectivity index (χ2n) is 6.86. The molecule has 0 saturated heterocycles. The minimum atomic E-state index is -0.468. The van der Waals surface area contributed by atoms with Crippen LogP contribution in [-0.4, -0.2) is 23.0 Å². The van der Waals surface area contributed by atoms with Crippen LogP contribution in [0.15, 0.2) is 72.4 Å². The van der Waals surface area contributed by atoms with Crippen LogP contribution in [0.2, 0.25) is 0 Å². The van der Waals surface area contributed by atoms with E-state index >= 15 is 0 Å². The number of benzene rings is 2. The zero-order valence-electron chi connectivity index (χ0n) is 17.2. The van der Waals surface area contributed by atoms with E-state index in [-0.39, 0.29) is 18.2 Å². The number of methoxy groups -OCH3 is 1. The van der Waals surface area contributed by atoms with E-state index in [1.165, 1.54) is 17.4 Å². The molecule has 4 aromatic rings. The minimum absolute atomic E-state index is 0.242. The van der Waals surface area contributed by atoms with Crippen LogP contribution >= 0.6 is 11.3 Å². The van der Waals surface area contributed by atoms with E-state index < -0.39 is 5.82 Å². The molecule has 8 heteroatoms. The quantitative estimate of drug-likeness (QED) is 0.416. The Kier molecular flexibility index (Phi) is 6.72. The third-order valence-electron chi connectivity index (χ3n) is 4.62. The van der Waals surface area contributed by atoms with Gasteiger partial charge in [0.15, 0.2) is 0 Å². The Labute approximate surface area is 188 Å². The molecule has 0 aliphatic rings. The standard InChI is InChI=1S/C24H20FN3O3S/c1-30-18-6-2-4-16(10-18)14-31-19-7-8-20(21(25)11-19)24-28-22(15-32-24)23(29)27-13-17-5-3-9-26-12-17/h2-12,15H,13-14H2,1H3,(H,27,29). The first-order valence-corrected chi connectivity index (χ1v) is 10.7. The lowest BCUT2D eigenvalue weighted by Gasteiger charge is -2.09. The maximum atomic E-state index is 14.7. The van der Waals surface area contributed by atoms with Gasteiger partial charge in [0.25, 0.3) is 5.91 Å². The zero-order chi connectivity index (χ0) is 22.3. The number of hydrogen-bond acceptors (Lipinski definition) is 6. The lowest BCUT2D eigenvalue weighted by Crippen LogP contribution is -2.23. The molecule has 0 unspecified atom stereocenters. The van der Waals surface area contributed by atoms with Crippen molar-refractivity contribution in [2.75, 3.05) is 7.11 Å². The molecule has 162 valence electrons. The third-order valence-corrected chi connectivity index (χ3v) is 5.50. The topological polar surface area (TPSA) is 73.3 Å². The molecule has 0 radical (unpaired) electrons. The Hall–Kier alpha value is -3.78. The van der Waals surface area contributed by atoms with Gasteiger partial charge in [0.1, 0.15) is 34.6 Å². The largest absolute Gasteiger partial charge is 0.497 e. The summed E-state index contributed by atoms with van der Waals surface area (Å²) in [7, 11) is 1.60. The minimum Gasteiger partial charge on any atom is -0.497 e. The summed E-state index contributed by atoms with van der Waals surface area (Å²) in [5.74, 6) is 0.344. The molecule has 0 saturated carbocycles. The van der Waals surface area contributed by atoms with E-state index in [1.54, 1.807) is 43.1 Å². The normalized spacial score (nSPS) is 10.6. The summed E-state index contributed by atoms with van der Waals surface area (Å²) in [4.78, 5) is 20.7. The predicted octanol–water partition coefficient (Wildman–Crippen LogP) is 4.86. The van der Waals surface area contributed by atoms with Crippen molar-refractivity contribution in [2.45, 2.75) is 13.2 Å². The van der Waals surface area contributed by atoms with Gasteiger partial charge in [-0.05, 0) is 41.5 Å². The third kappa shape index (κ3) is 5.28. The molecule has 0 bridgehead atoms. The van der Waals surface area contributed by atoms with Gasteiger partial charge in [-0.2, -0.15) is 0 Å². The molecular weight excluding hydrogens is 429 g/mol. The molecule has 2 aromatic heterocycles. The Bertz CT molecular complexity index is 1210. The fourth-order valence-electron chi connectivity index (χ4n) is 2.97. The second-order valence-corrected chi connectivity index (χ2v) is 7.72. The number of pyridine rings is 1. The van der Waals surface area contributed by atoms with Crippen LogP contribution < -0.4 is 14.8 Å². The fraction of sp³-hybridized carbons (Fsp3) is 0.125. The van der Waals surface area contributed by atoms with E-state index in [9.17, 15) is 9.18 Å². The fourth-order valence-corrected chi connectivity index (χ4v) is 3.79. The Morgan fingerprint density at radius 3 is 2.75 bits per heavy atom. The summed E-state index contributed by atoms with van der Waals surface area (Å²) in [5, 5.41) is 4.82. The van der Waals surface area contributed by atoms with Gasteiger partial charge in [0.2, 0.25) is 0 Å². The molecule has 0 aliphatic carbocycles. The average molecular weight is 450 g/mol. The molecule has 0 aliphatic heterocycles. The molecular formula is C24H20FN3O3S. The summed E-state index contributed by atoms with van der Waals surface area (Å²) >= 11 is 1.21. The van der Waals surface area contributed by atoms with Crippen molar-refractivity contribution in [3.63, 3.8) is 0 Å². The van der Waals surface area contributed by atoms with Crippen molar-refractivity contribution in [3.05, 3.63) is 95.0 Å². The van der Waals surface area contributed by atoms with E-state index in [2.05, 4.69) is 15.3 Å². The summed E-state index contributed by atoms with van der Waals surface area (Å²) in [6.45, 7) is 0.627. The molecule has 0 atom stereocenters. The predicted molar refractivity (Wildman–Crippen MR) is 120 cm³/mol. The van der Waals surface area contributed by atoms with Gasteiger partial charge < -0.3 is 14.8 Å². The van der Waals surface area contributed by atoms with Crippen LogP contribution in [0.5, 0.6) is 11.5 Å². The van der Waals surface area contributed by atoms with Crippen molar-refractivity contribution in [1.29, 1.82) is 0 Å². The highest BCUT2D eigenvalue weighted by atomic mass is 32.1. The molecule has 6 nitrogen and oxygen atoms in total. The molecule has 1 amide bonds. The lowest BCUT2D eigenvalue weighted by atomic mass is 10.2. The van der Waals surface area contributed by atoms with Gasteiger partial charge in [-0.1, -0.05) is 18.2 Å². The van der Waals surface area contributed by atoms with Crippen LogP contribution in [0, 0.1) is 5.82 Å². The van der Waals surface area contributed by atoms with Crippen molar-refractivity contribution in [2.24, 2.45) is 0 Å². The zero-order valence-corrected chi connectivity index (χ0v) is 18.1. The van der Waals surface area contributed by atoms with Gasteiger partial charge in [0, 0.05) is 35.9 Å². The Balaban J connectivity index is 1.39. The van der Waals surface area contributed by atoms with E-state index in [0.717, 1.165) is 16.9 Å². The summed E-state index contributed by atoms with van der Waals surface area (Å²) in [6.07, 6.45) is 3.35. The average Bonchev–Trinajstić information content (AvgIpc) is 3.32. The van der Waals surface area contributed by atoms with Gasteiger partial charge in [0.05, 0.1) is 7.11 Å². The van der Waals surface area contributed by atoms with Crippen molar-refractivity contribution < 1.29 is 18.7 Å².